The van der Waals surface area contributed by atoms with E-state index < -0.39 is 0 Å². The second kappa shape index (κ2) is 6.14. The zero-order valence-electron chi connectivity index (χ0n) is 11.4. The summed E-state index contributed by atoms with van der Waals surface area (Å²) in [4.78, 5) is 0. The maximum Gasteiger partial charge on any atom is 0.152 e. The standard InChI is InChI=1S/C16H16Cl2N2O/c17-13-7-11(8-14(18)16(13)21)20-15-5-6-19-9-10-3-1-2-4-12(10)15/h1-4,7-8,15,19-21H,5-6,9H2. The number of hydrogen-bond acceptors (Lipinski definition) is 3. The number of fused-ring (bicyclic) bond motifs is 1. The molecular formula is C16H16Cl2N2O. The van der Waals surface area contributed by atoms with Gasteiger partial charge in [0, 0.05) is 12.2 Å². The zero-order chi connectivity index (χ0) is 14.8. The summed E-state index contributed by atoms with van der Waals surface area (Å²) >= 11 is 12.0. The first-order valence-corrected chi connectivity index (χ1v) is 7.64. The van der Waals surface area contributed by atoms with Crippen LogP contribution in [-0.4, -0.2) is 11.7 Å². The van der Waals surface area contributed by atoms with Gasteiger partial charge in [-0.25, -0.2) is 0 Å². The Morgan fingerprint density at radius 1 is 1.14 bits per heavy atom. The molecule has 1 aliphatic heterocycles. The molecule has 3 nitrogen and oxygen atoms in total. The monoisotopic (exact) mass is 322 g/mol. The number of aromatic hydroxyl groups is 1. The van der Waals surface area contributed by atoms with Crippen LogP contribution in [0.1, 0.15) is 23.6 Å². The van der Waals surface area contributed by atoms with Crippen molar-refractivity contribution in [1.82, 2.24) is 5.32 Å². The SMILES string of the molecule is Oc1c(Cl)cc(NC2CCNCc3ccccc32)cc1Cl. The Bertz CT molecular complexity index is 637. The molecule has 2 aromatic carbocycles. The predicted octanol–water partition coefficient (Wildman–Crippen LogP) is 4.35. The van der Waals surface area contributed by atoms with E-state index in [1.54, 1.807) is 12.1 Å². The van der Waals surface area contributed by atoms with Gasteiger partial charge in [0.15, 0.2) is 5.75 Å². The third kappa shape index (κ3) is 3.10. The van der Waals surface area contributed by atoms with Crippen molar-refractivity contribution in [2.24, 2.45) is 0 Å². The lowest BCUT2D eigenvalue weighted by Gasteiger charge is -2.21. The first kappa shape index (κ1) is 14.5. The van der Waals surface area contributed by atoms with Gasteiger partial charge in [0.2, 0.25) is 0 Å². The van der Waals surface area contributed by atoms with Crippen molar-refractivity contribution in [3.05, 3.63) is 57.6 Å². The number of halogens is 2. The number of hydrogen-bond donors (Lipinski definition) is 3. The molecule has 2 aromatic rings. The van der Waals surface area contributed by atoms with Crippen molar-refractivity contribution >= 4 is 28.9 Å². The van der Waals surface area contributed by atoms with E-state index in [-0.39, 0.29) is 21.8 Å². The second-order valence-electron chi connectivity index (χ2n) is 5.15. The Balaban J connectivity index is 1.91. The van der Waals surface area contributed by atoms with E-state index in [1.165, 1.54) is 11.1 Å². The Morgan fingerprint density at radius 2 is 1.86 bits per heavy atom. The van der Waals surface area contributed by atoms with Gasteiger partial charge in [-0.05, 0) is 36.2 Å². The molecule has 0 amide bonds. The largest absolute Gasteiger partial charge is 0.505 e. The van der Waals surface area contributed by atoms with Crippen LogP contribution in [-0.2, 0) is 6.54 Å². The minimum Gasteiger partial charge on any atom is -0.505 e. The average molecular weight is 323 g/mol. The Labute approximate surface area is 133 Å². The summed E-state index contributed by atoms with van der Waals surface area (Å²) in [7, 11) is 0. The van der Waals surface area contributed by atoms with Gasteiger partial charge in [-0.1, -0.05) is 47.5 Å². The highest BCUT2D eigenvalue weighted by Crippen LogP contribution is 2.36. The summed E-state index contributed by atoms with van der Waals surface area (Å²) in [6.07, 6.45) is 0.965. The molecule has 0 saturated carbocycles. The molecule has 1 atom stereocenters. The molecule has 0 aromatic heterocycles. The normalized spacial score (nSPS) is 17.9. The van der Waals surface area contributed by atoms with Crippen molar-refractivity contribution in [1.29, 1.82) is 0 Å². The first-order chi connectivity index (χ1) is 10.1. The predicted molar refractivity (Wildman–Crippen MR) is 87.3 cm³/mol. The topological polar surface area (TPSA) is 44.3 Å². The smallest absolute Gasteiger partial charge is 0.152 e. The fourth-order valence-electron chi connectivity index (χ4n) is 2.66. The first-order valence-electron chi connectivity index (χ1n) is 6.88. The summed E-state index contributed by atoms with van der Waals surface area (Å²) < 4.78 is 0. The quantitative estimate of drug-likeness (QED) is 0.720. The van der Waals surface area contributed by atoms with Gasteiger partial charge in [0.05, 0.1) is 16.1 Å². The second-order valence-corrected chi connectivity index (χ2v) is 5.96. The van der Waals surface area contributed by atoms with Crippen molar-refractivity contribution in [3.63, 3.8) is 0 Å². The molecule has 0 spiro atoms. The summed E-state index contributed by atoms with van der Waals surface area (Å²) in [5.41, 5.74) is 3.38. The Morgan fingerprint density at radius 3 is 2.62 bits per heavy atom. The molecule has 0 bridgehead atoms. The fraction of sp³-hybridized carbons (Fsp3) is 0.250. The molecule has 0 radical (unpaired) electrons. The number of phenols is 1. The van der Waals surface area contributed by atoms with Crippen molar-refractivity contribution < 1.29 is 5.11 Å². The highest BCUT2D eigenvalue weighted by Gasteiger charge is 2.18. The van der Waals surface area contributed by atoms with E-state index in [4.69, 9.17) is 23.2 Å². The summed E-state index contributed by atoms with van der Waals surface area (Å²) in [5, 5.41) is 17.0. The van der Waals surface area contributed by atoms with Crippen molar-refractivity contribution in [2.75, 3.05) is 11.9 Å². The minimum atomic E-state index is -0.0770. The number of benzene rings is 2. The van der Waals surface area contributed by atoms with Crippen LogP contribution < -0.4 is 10.6 Å². The van der Waals surface area contributed by atoms with E-state index in [2.05, 4.69) is 34.9 Å². The highest BCUT2D eigenvalue weighted by atomic mass is 35.5. The van der Waals surface area contributed by atoms with Gasteiger partial charge in [-0.2, -0.15) is 0 Å². The van der Waals surface area contributed by atoms with Crippen LogP contribution in [0.25, 0.3) is 0 Å². The Hall–Kier alpha value is -1.42. The number of rotatable bonds is 2. The van der Waals surface area contributed by atoms with E-state index in [0.29, 0.717) is 0 Å². The van der Waals surface area contributed by atoms with Crippen LogP contribution in [0, 0.1) is 0 Å². The van der Waals surface area contributed by atoms with Crippen molar-refractivity contribution in [3.8, 4) is 5.75 Å². The molecule has 5 heteroatoms. The third-order valence-electron chi connectivity index (χ3n) is 3.71. The van der Waals surface area contributed by atoms with Crippen LogP contribution >= 0.6 is 23.2 Å². The number of phenolic OH excluding ortho intramolecular Hbond substituents is 1. The minimum absolute atomic E-state index is 0.0770. The number of nitrogens with one attached hydrogen (secondary N) is 2. The van der Waals surface area contributed by atoms with E-state index >= 15 is 0 Å². The molecule has 1 heterocycles. The average Bonchev–Trinajstić information content (AvgIpc) is 2.67. The van der Waals surface area contributed by atoms with Gasteiger partial charge in [0.25, 0.3) is 0 Å². The third-order valence-corrected chi connectivity index (χ3v) is 4.29. The summed E-state index contributed by atoms with van der Waals surface area (Å²) in [6, 6.07) is 12.0. The molecule has 0 fully saturated rings. The molecule has 0 aliphatic carbocycles. The molecule has 3 rings (SSSR count). The molecule has 0 saturated heterocycles. The van der Waals surface area contributed by atoms with Crippen LogP contribution in [0.3, 0.4) is 0 Å². The van der Waals surface area contributed by atoms with Crippen LogP contribution in [0.5, 0.6) is 5.75 Å². The van der Waals surface area contributed by atoms with Gasteiger partial charge in [-0.3, -0.25) is 0 Å². The number of anilines is 1. The molecule has 110 valence electrons. The van der Waals surface area contributed by atoms with E-state index in [0.717, 1.165) is 25.2 Å². The van der Waals surface area contributed by atoms with Crippen LogP contribution in [0.2, 0.25) is 10.0 Å². The fourth-order valence-corrected chi connectivity index (χ4v) is 3.15. The lowest BCUT2D eigenvalue weighted by Crippen LogP contribution is -2.15. The van der Waals surface area contributed by atoms with Crippen LogP contribution in [0.15, 0.2) is 36.4 Å². The van der Waals surface area contributed by atoms with Crippen molar-refractivity contribution in [2.45, 2.75) is 19.0 Å². The summed E-state index contributed by atoms with van der Waals surface area (Å²) in [5.74, 6) is -0.0770. The summed E-state index contributed by atoms with van der Waals surface area (Å²) in [6.45, 7) is 1.82. The van der Waals surface area contributed by atoms with Crippen LogP contribution in [0.4, 0.5) is 5.69 Å². The van der Waals surface area contributed by atoms with Gasteiger partial charge in [-0.15, -0.1) is 0 Å². The molecule has 1 aliphatic rings. The van der Waals surface area contributed by atoms with Gasteiger partial charge in [0.1, 0.15) is 0 Å². The maximum atomic E-state index is 9.64. The lowest BCUT2D eigenvalue weighted by atomic mass is 9.99. The molecule has 1 unspecified atom stereocenters. The van der Waals surface area contributed by atoms with Gasteiger partial charge >= 0.3 is 0 Å². The zero-order valence-corrected chi connectivity index (χ0v) is 12.9. The van der Waals surface area contributed by atoms with Gasteiger partial charge < -0.3 is 15.7 Å². The maximum absolute atomic E-state index is 9.64. The lowest BCUT2D eigenvalue weighted by molar-refractivity contribution is 0.476. The molecule has 3 N–H and O–H groups in total. The molecule has 21 heavy (non-hydrogen) atoms. The molecular weight excluding hydrogens is 307 g/mol. The van der Waals surface area contributed by atoms with E-state index in [1.807, 2.05) is 0 Å². The van der Waals surface area contributed by atoms with E-state index in [9.17, 15) is 5.11 Å². The highest BCUT2D eigenvalue weighted by molar-refractivity contribution is 6.37. The Kier molecular flexibility index (Phi) is 4.24.